The third kappa shape index (κ3) is 2.74. The Bertz CT molecular complexity index is 622. The van der Waals surface area contributed by atoms with Crippen molar-refractivity contribution in [1.29, 1.82) is 0 Å². The Hall–Kier alpha value is -2.50. The maximum absolute atomic E-state index is 11.6. The summed E-state index contributed by atoms with van der Waals surface area (Å²) in [4.78, 5) is 15.7. The molecule has 0 saturated carbocycles. The van der Waals surface area contributed by atoms with E-state index in [0.717, 1.165) is 11.5 Å². The molecular formula is C14H17N3O3. The van der Waals surface area contributed by atoms with Crippen LogP contribution in [0.2, 0.25) is 0 Å². The van der Waals surface area contributed by atoms with E-state index in [1.54, 1.807) is 0 Å². The summed E-state index contributed by atoms with van der Waals surface area (Å²) in [6.45, 7) is 3.80. The van der Waals surface area contributed by atoms with Crippen LogP contribution in [0.4, 0.5) is 11.5 Å². The lowest BCUT2D eigenvalue weighted by Crippen LogP contribution is -2.13. The van der Waals surface area contributed by atoms with Gasteiger partial charge in [0.1, 0.15) is 11.5 Å². The van der Waals surface area contributed by atoms with Crippen molar-refractivity contribution >= 4 is 17.5 Å². The van der Waals surface area contributed by atoms with E-state index < -0.39 is 5.97 Å². The molecule has 0 spiro atoms. The summed E-state index contributed by atoms with van der Waals surface area (Å²) in [5.74, 6) is 1.54. The Balaban J connectivity index is 2.23. The predicted molar refractivity (Wildman–Crippen MR) is 75.5 cm³/mol. The number of pyridine rings is 1. The first-order valence-corrected chi connectivity index (χ1v) is 6.18. The Morgan fingerprint density at radius 3 is 2.80 bits per heavy atom. The van der Waals surface area contributed by atoms with Crippen molar-refractivity contribution in [3.8, 4) is 0 Å². The fourth-order valence-electron chi connectivity index (χ4n) is 1.84. The van der Waals surface area contributed by atoms with E-state index in [9.17, 15) is 4.79 Å². The van der Waals surface area contributed by atoms with E-state index in [1.807, 2.05) is 26.0 Å². The van der Waals surface area contributed by atoms with Crippen LogP contribution in [-0.2, 0) is 4.74 Å². The van der Waals surface area contributed by atoms with Crippen LogP contribution in [0.5, 0.6) is 0 Å². The van der Waals surface area contributed by atoms with Gasteiger partial charge in [0.05, 0.1) is 24.4 Å². The molecule has 2 rings (SSSR count). The zero-order valence-corrected chi connectivity index (χ0v) is 11.6. The summed E-state index contributed by atoms with van der Waals surface area (Å²) in [5, 5.41) is 3.12. The number of methoxy groups -OCH3 is 1. The van der Waals surface area contributed by atoms with Crippen molar-refractivity contribution in [2.75, 3.05) is 18.2 Å². The largest absolute Gasteiger partial charge is 0.465 e. The Labute approximate surface area is 116 Å². The molecule has 0 radical (unpaired) electrons. The van der Waals surface area contributed by atoms with E-state index in [0.29, 0.717) is 5.82 Å². The second kappa shape index (κ2) is 5.64. The molecule has 0 fully saturated rings. The van der Waals surface area contributed by atoms with Gasteiger partial charge >= 0.3 is 5.97 Å². The zero-order valence-electron chi connectivity index (χ0n) is 11.6. The fraction of sp³-hybridized carbons (Fsp3) is 0.286. The van der Waals surface area contributed by atoms with Gasteiger partial charge in [-0.1, -0.05) is 0 Å². The van der Waals surface area contributed by atoms with Crippen LogP contribution in [0.25, 0.3) is 0 Å². The molecule has 0 aliphatic rings. The van der Waals surface area contributed by atoms with Gasteiger partial charge in [0.15, 0.2) is 5.82 Å². The number of furan rings is 1. The third-order valence-electron chi connectivity index (χ3n) is 2.94. The first-order chi connectivity index (χ1) is 9.52. The van der Waals surface area contributed by atoms with Gasteiger partial charge in [-0.05, 0) is 32.0 Å². The molecule has 0 aliphatic carbocycles. The van der Waals surface area contributed by atoms with Crippen molar-refractivity contribution in [2.24, 2.45) is 0 Å². The molecule has 0 aliphatic heterocycles. The second-order valence-electron chi connectivity index (χ2n) is 4.43. The quantitative estimate of drug-likeness (QED) is 0.833. The van der Waals surface area contributed by atoms with Crippen LogP contribution >= 0.6 is 0 Å². The smallest absolute Gasteiger partial charge is 0.340 e. The molecule has 1 atom stereocenters. The van der Waals surface area contributed by atoms with E-state index in [-0.39, 0.29) is 17.3 Å². The van der Waals surface area contributed by atoms with Crippen LogP contribution < -0.4 is 11.1 Å². The van der Waals surface area contributed by atoms with Gasteiger partial charge in [-0.2, -0.15) is 0 Å². The number of nitrogens with one attached hydrogen (secondary N) is 1. The SMILES string of the molecule is COC(=O)c1ccnc(NC(C)c2ccc(C)o2)c1N. The van der Waals surface area contributed by atoms with Crippen molar-refractivity contribution in [1.82, 2.24) is 4.98 Å². The molecule has 2 heterocycles. The number of anilines is 2. The number of nitrogen functional groups attached to an aromatic ring is 1. The highest BCUT2D eigenvalue weighted by Crippen LogP contribution is 2.26. The zero-order chi connectivity index (χ0) is 14.7. The molecule has 1 unspecified atom stereocenters. The summed E-state index contributed by atoms with van der Waals surface area (Å²) in [5.41, 5.74) is 6.48. The van der Waals surface area contributed by atoms with E-state index >= 15 is 0 Å². The van der Waals surface area contributed by atoms with E-state index in [1.165, 1.54) is 19.4 Å². The number of esters is 1. The summed E-state index contributed by atoms with van der Waals surface area (Å²) >= 11 is 0. The fourth-order valence-corrected chi connectivity index (χ4v) is 1.84. The molecule has 106 valence electrons. The number of carbonyl (C=O) groups excluding carboxylic acids is 1. The number of nitrogens with two attached hydrogens (primary N) is 1. The lowest BCUT2D eigenvalue weighted by molar-refractivity contribution is 0.0602. The number of hydrogen-bond acceptors (Lipinski definition) is 6. The minimum Gasteiger partial charge on any atom is -0.465 e. The van der Waals surface area contributed by atoms with Gasteiger partial charge in [-0.15, -0.1) is 0 Å². The average molecular weight is 275 g/mol. The Kier molecular flexibility index (Phi) is 3.93. The molecule has 3 N–H and O–H groups in total. The second-order valence-corrected chi connectivity index (χ2v) is 4.43. The minimum atomic E-state index is -0.491. The Morgan fingerprint density at radius 1 is 1.45 bits per heavy atom. The standard InChI is InChI=1S/C14H17N3O3/c1-8-4-5-11(20-8)9(2)17-13-12(15)10(6-7-16-13)14(18)19-3/h4-7,9H,15H2,1-3H3,(H,16,17). The molecule has 6 nitrogen and oxygen atoms in total. The van der Waals surface area contributed by atoms with Gasteiger partial charge in [-0.3, -0.25) is 0 Å². The number of rotatable bonds is 4. The van der Waals surface area contributed by atoms with Gasteiger partial charge in [0.2, 0.25) is 0 Å². The number of aromatic nitrogens is 1. The van der Waals surface area contributed by atoms with Crippen molar-refractivity contribution < 1.29 is 13.9 Å². The molecule has 6 heteroatoms. The number of hydrogen-bond donors (Lipinski definition) is 2. The maximum Gasteiger partial charge on any atom is 0.340 e. The highest BCUT2D eigenvalue weighted by molar-refractivity contribution is 5.97. The van der Waals surface area contributed by atoms with Crippen molar-refractivity contribution in [3.63, 3.8) is 0 Å². The lowest BCUT2D eigenvalue weighted by Gasteiger charge is -2.15. The summed E-state index contributed by atoms with van der Waals surface area (Å²) in [6.07, 6.45) is 1.51. The summed E-state index contributed by atoms with van der Waals surface area (Å²) in [7, 11) is 1.31. The van der Waals surface area contributed by atoms with Gasteiger partial charge in [-0.25, -0.2) is 9.78 Å². The van der Waals surface area contributed by atoms with Crippen molar-refractivity contribution in [3.05, 3.63) is 41.5 Å². The van der Waals surface area contributed by atoms with Gasteiger partial charge < -0.3 is 20.2 Å². The lowest BCUT2D eigenvalue weighted by atomic mass is 10.2. The van der Waals surface area contributed by atoms with Crippen LogP contribution in [0, 0.1) is 6.92 Å². The third-order valence-corrected chi connectivity index (χ3v) is 2.94. The van der Waals surface area contributed by atoms with E-state index in [4.69, 9.17) is 10.2 Å². The first-order valence-electron chi connectivity index (χ1n) is 6.18. The van der Waals surface area contributed by atoms with Crippen LogP contribution in [0.3, 0.4) is 0 Å². The topological polar surface area (TPSA) is 90.4 Å². The molecule has 0 aromatic carbocycles. The monoisotopic (exact) mass is 275 g/mol. The molecule has 2 aromatic heterocycles. The predicted octanol–water partition coefficient (Wildman–Crippen LogP) is 2.52. The Morgan fingerprint density at radius 2 is 2.20 bits per heavy atom. The van der Waals surface area contributed by atoms with Crippen LogP contribution in [0.15, 0.2) is 28.8 Å². The summed E-state index contributed by atoms with van der Waals surface area (Å²) < 4.78 is 10.2. The van der Waals surface area contributed by atoms with E-state index in [2.05, 4.69) is 15.0 Å². The molecule has 0 amide bonds. The number of aryl methyl sites for hydroxylation is 1. The molecular weight excluding hydrogens is 258 g/mol. The number of ether oxygens (including phenoxy) is 1. The van der Waals surface area contributed by atoms with Crippen molar-refractivity contribution in [2.45, 2.75) is 19.9 Å². The highest BCUT2D eigenvalue weighted by Gasteiger charge is 2.16. The molecule has 2 aromatic rings. The van der Waals surface area contributed by atoms with Crippen LogP contribution in [0.1, 0.15) is 34.8 Å². The minimum absolute atomic E-state index is 0.119. The van der Waals surface area contributed by atoms with Gasteiger partial charge in [0, 0.05) is 6.20 Å². The molecule has 0 saturated heterocycles. The number of nitrogens with zero attached hydrogens (tertiary/aromatic N) is 1. The number of carbonyl (C=O) groups is 1. The normalized spacial score (nSPS) is 11.9. The maximum atomic E-state index is 11.6. The van der Waals surface area contributed by atoms with Crippen LogP contribution in [-0.4, -0.2) is 18.1 Å². The highest BCUT2D eigenvalue weighted by atomic mass is 16.5. The first kappa shape index (κ1) is 13.9. The summed E-state index contributed by atoms with van der Waals surface area (Å²) in [6, 6.07) is 5.17. The molecule has 0 bridgehead atoms. The van der Waals surface area contributed by atoms with Gasteiger partial charge in [0.25, 0.3) is 0 Å². The average Bonchev–Trinajstić information content (AvgIpc) is 2.87. The molecule has 20 heavy (non-hydrogen) atoms.